The second kappa shape index (κ2) is 6.43. The first-order chi connectivity index (χ1) is 12.2. The molecule has 2 aromatic heterocycles. The van der Waals surface area contributed by atoms with E-state index in [1.807, 2.05) is 30.3 Å². The lowest BCUT2D eigenvalue weighted by atomic mass is 10.1. The molecule has 1 atom stereocenters. The van der Waals surface area contributed by atoms with E-state index in [1.165, 1.54) is 0 Å². The molecule has 7 heteroatoms. The minimum absolute atomic E-state index is 0.151. The minimum atomic E-state index is -0.151. The smallest absolute Gasteiger partial charge is 0.269 e. The van der Waals surface area contributed by atoms with E-state index in [9.17, 15) is 4.79 Å². The summed E-state index contributed by atoms with van der Waals surface area (Å²) in [5.74, 6) is 0.354. The Kier molecular flexibility index (Phi) is 3.97. The lowest BCUT2D eigenvalue weighted by molar-refractivity contribution is 0.0948. The predicted octanol–water partition coefficient (Wildman–Crippen LogP) is 1.51. The van der Waals surface area contributed by atoms with Crippen molar-refractivity contribution in [3.63, 3.8) is 0 Å². The van der Waals surface area contributed by atoms with E-state index < -0.39 is 0 Å². The Morgan fingerprint density at radius 1 is 1.28 bits per heavy atom. The van der Waals surface area contributed by atoms with Gasteiger partial charge in [0.15, 0.2) is 5.96 Å². The Morgan fingerprint density at radius 3 is 3.00 bits per heavy atom. The number of amides is 1. The first kappa shape index (κ1) is 15.4. The first-order valence-corrected chi connectivity index (χ1v) is 8.42. The van der Waals surface area contributed by atoms with Crippen LogP contribution in [0.2, 0.25) is 0 Å². The number of nitrogens with two attached hydrogens (primary N) is 1. The van der Waals surface area contributed by atoms with Gasteiger partial charge in [-0.25, -0.2) is 4.98 Å². The molecule has 3 heterocycles. The Hall–Kier alpha value is -3.09. The molecule has 0 saturated carbocycles. The van der Waals surface area contributed by atoms with Gasteiger partial charge in [0.05, 0.1) is 18.3 Å². The zero-order valence-electron chi connectivity index (χ0n) is 13.7. The highest BCUT2D eigenvalue weighted by Crippen LogP contribution is 2.24. The maximum atomic E-state index is 12.4. The van der Waals surface area contributed by atoms with Crippen LogP contribution in [0.4, 0.5) is 0 Å². The molecule has 0 bridgehead atoms. The van der Waals surface area contributed by atoms with Crippen molar-refractivity contribution < 1.29 is 4.79 Å². The van der Waals surface area contributed by atoms with Crippen molar-refractivity contribution >= 4 is 33.7 Å². The lowest BCUT2D eigenvalue weighted by Crippen LogP contribution is -2.35. The maximum absolute atomic E-state index is 12.4. The van der Waals surface area contributed by atoms with Crippen LogP contribution in [0.25, 0.3) is 21.8 Å². The van der Waals surface area contributed by atoms with Crippen LogP contribution in [-0.2, 0) is 0 Å². The molecule has 0 radical (unpaired) electrons. The van der Waals surface area contributed by atoms with Crippen LogP contribution in [0.15, 0.2) is 41.5 Å². The number of nitrogens with one attached hydrogen (secondary N) is 3. The van der Waals surface area contributed by atoms with Crippen molar-refractivity contribution in [3.8, 4) is 0 Å². The summed E-state index contributed by atoms with van der Waals surface area (Å²) in [6.07, 6.45) is 3.49. The van der Waals surface area contributed by atoms with E-state index in [0.29, 0.717) is 24.7 Å². The fraction of sp³-hybridized carbons (Fsp3) is 0.278. The number of H-pyrrole nitrogens is 1. The summed E-state index contributed by atoms with van der Waals surface area (Å²) < 4.78 is 0. The molecule has 1 amide bonds. The average molecular weight is 336 g/mol. The number of guanidine groups is 1. The summed E-state index contributed by atoms with van der Waals surface area (Å²) in [4.78, 5) is 24.0. The number of hydrogen-bond acceptors (Lipinski definition) is 5. The van der Waals surface area contributed by atoms with Gasteiger partial charge in [-0.1, -0.05) is 18.2 Å². The van der Waals surface area contributed by atoms with E-state index in [2.05, 4.69) is 25.6 Å². The van der Waals surface area contributed by atoms with Gasteiger partial charge < -0.3 is 21.4 Å². The molecule has 1 aliphatic heterocycles. The van der Waals surface area contributed by atoms with Gasteiger partial charge in [0.25, 0.3) is 5.91 Å². The number of carbonyl (C=O) groups is 1. The topological polar surface area (TPSA) is 108 Å². The van der Waals surface area contributed by atoms with Gasteiger partial charge >= 0.3 is 0 Å². The van der Waals surface area contributed by atoms with Crippen LogP contribution in [0.3, 0.4) is 0 Å². The molecule has 0 fully saturated rings. The summed E-state index contributed by atoms with van der Waals surface area (Å²) in [7, 11) is 0. The standard InChI is InChI=1S/C18H20N6O/c19-18-22-9-11(23-18)4-3-7-20-17(25)15-8-13-12-5-1-2-6-14(12)24-16(13)10-21-15/h1-2,5-6,8,10-11,24H,3-4,7,9H2,(H,20,25)(H3,19,22,23). The number of aliphatic imine (C=N–C) groups is 1. The zero-order chi connectivity index (χ0) is 17.2. The largest absolute Gasteiger partial charge is 0.370 e. The summed E-state index contributed by atoms with van der Waals surface area (Å²) in [6, 6.07) is 10.1. The number of pyridine rings is 1. The van der Waals surface area contributed by atoms with E-state index in [4.69, 9.17) is 5.73 Å². The molecular formula is C18H20N6O. The van der Waals surface area contributed by atoms with Gasteiger partial charge in [-0.3, -0.25) is 9.79 Å². The van der Waals surface area contributed by atoms with Crippen LogP contribution in [0.1, 0.15) is 23.3 Å². The van der Waals surface area contributed by atoms with Gasteiger partial charge in [-0.05, 0) is 25.0 Å². The van der Waals surface area contributed by atoms with Gasteiger partial charge in [0.1, 0.15) is 5.69 Å². The van der Waals surface area contributed by atoms with Crippen LogP contribution in [0, 0.1) is 0 Å². The number of para-hydroxylation sites is 1. The molecule has 1 unspecified atom stereocenters. The molecular weight excluding hydrogens is 316 g/mol. The summed E-state index contributed by atoms with van der Waals surface area (Å²) in [5.41, 5.74) is 8.00. The van der Waals surface area contributed by atoms with Crippen LogP contribution in [0.5, 0.6) is 0 Å². The third-order valence-electron chi connectivity index (χ3n) is 4.47. The minimum Gasteiger partial charge on any atom is -0.370 e. The van der Waals surface area contributed by atoms with Gasteiger partial charge in [-0.15, -0.1) is 0 Å². The van der Waals surface area contributed by atoms with Crippen molar-refractivity contribution in [1.29, 1.82) is 0 Å². The summed E-state index contributed by atoms with van der Waals surface area (Å²) >= 11 is 0. The molecule has 5 N–H and O–H groups in total. The van der Waals surface area contributed by atoms with Gasteiger partial charge in [-0.2, -0.15) is 0 Å². The van der Waals surface area contributed by atoms with E-state index in [1.54, 1.807) is 6.20 Å². The van der Waals surface area contributed by atoms with Crippen molar-refractivity contribution in [2.24, 2.45) is 10.7 Å². The molecule has 1 aliphatic rings. The zero-order valence-corrected chi connectivity index (χ0v) is 13.7. The Labute approximate surface area is 144 Å². The number of aromatic nitrogens is 2. The second-order valence-corrected chi connectivity index (χ2v) is 6.25. The highest BCUT2D eigenvalue weighted by atomic mass is 16.1. The maximum Gasteiger partial charge on any atom is 0.269 e. The quantitative estimate of drug-likeness (QED) is 0.530. The molecule has 128 valence electrons. The Morgan fingerprint density at radius 2 is 2.16 bits per heavy atom. The van der Waals surface area contributed by atoms with E-state index >= 15 is 0 Å². The van der Waals surface area contributed by atoms with Crippen LogP contribution < -0.4 is 16.4 Å². The Bertz CT molecular complexity index is 961. The summed E-state index contributed by atoms with van der Waals surface area (Å²) in [6.45, 7) is 1.31. The predicted molar refractivity (Wildman–Crippen MR) is 98.6 cm³/mol. The molecule has 7 nitrogen and oxygen atoms in total. The lowest BCUT2D eigenvalue weighted by Gasteiger charge is -2.10. The van der Waals surface area contributed by atoms with Crippen LogP contribution >= 0.6 is 0 Å². The highest BCUT2D eigenvalue weighted by Gasteiger charge is 2.15. The number of rotatable bonds is 5. The van der Waals surface area contributed by atoms with Crippen LogP contribution in [-0.4, -0.2) is 41.0 Å². The number of nitrogens with zero attached hydrogens (tertiary/aromatic N) is 2. The number of fused-ring (bicyclic) bond motifs is 3. The van der Waals surface area contributed by atoms with E-state index in [-0.39, 0.29) is 11.9 Å². The number of aromatic amines is 1. The summed E-state index contributed by atoms with van der Waals surface area (Å²) in [5, 5.41) is 8.15. The van der Waals surface area contributed by atoms with E-state index in [0.717, 1.165) is 34.6 Å². The molecule has 0 aliphatic carbocycles. The molecule has 3 aromatic rings. The number of hydrogen-bond donors (Lipinski definition) is 4. The fourth-order valence-electron chi connectivity index (χ4n) is 3.19. The van der Waals surface area contributed by atoms with Crippen molar-refractivity contribution in [2.45, 2.75) is 18.9 Å². The van der Waals surface area contributed by atoms with Crippen molar-refractivity contribution in [3.05, 3.63) is 42.2 Å². The number of benzene rings is 1. The number of carbonyl (C=O) groups excluding carboxylic acids is 1. The highest BCUT2D eigenvalue weighted by molar-refractivity contribution is 6.09. The second-order valence-electron chi connectivity index (χ2n) is 6.25. The van der Waals surface area contributed by atoms with Crippen molar-refractivity contribution in [2.75, 3.05) is 13.1 Å². The third kappa shape index (κ3) is 3.13. The SMILES string of the molecule is NC1=NCC(CCCNC(=O)c2cc3c(cn2)[nH]c2ccccc23)N1. The normalized spacial score (nSPS) is 16.8. The molecule has 0 saturated heterocycles. The molecule has 0 spiro atoms. The molecule has 1 aromatic carbocycles. The monoisotopic (exact) mass is 336 g/mol. The van der Waals surface area contributed by atoms with Crippen molar-refractivity contribution in [1.82, 2.24) is 20.6 Å². The molecule has 25 heavy (non-hydrogen) atoms. The fourth-order valence-corrected chi connectivity index (χ4v) is 3.19. The third-order valence-corrected chi connectivity index (χ3v) is 4.47. The average Bonchev–Trinajstić information content (AvgIpc) is 3.21. The molecule has 4 rings (SSSR count). The van der Waals surface area contributed by atoms with Gasteiger partial charge in [0, 0.05) is 28.9 Å². The Balaban J connectivity index is 1.39. The first-order valence-electron chi connectivity index (χ1n) is 8.42. The van der Waals surface area contributed by atoms with Gasteiger partial charge in [0.2, 0.25) is 0 Å².